The van der Waals surface area contributed by atoms with E-state index in [4.69, 9.17) is 0 Å². The molecular formula is C26H37FN4O6. The molecule has 37 heavy (non-hydrogen) atoms. The van der Waals surface area contributed by atoms with Crippen LogP contribution >= 0.6 is 0 Å². The first-order valence-corrected chi connectivity index (χ1v) is 12.6. The lowest BCUT2D eigenvalue weighted by atomic mass is 10.1. The van der Waals surface area contributed by atoms with Crippen LogP contribution in [0.25, 0.3) is 0 Å². The Morgan fingerprint density at radius 3 is 2.46 bits per heavy atom. The fraction of sp³-hybridized carbons (Fsp3) is 0.577. The van der Waals surface area contributed by atoms with Crippen LogP contribution in [0.1, 0.15) is 45.1 Å². The molecule has 1 aliphatic heterocycles. The minimum atomic E-state index is -1.18. The molecule has 204 valence electrons. The van der Waals surface area contributed by atoms with Crippen molar-refractivity contribution in [2.45, 2.75) is 46.0 Å². The molecule has 11 heteroatoms. The SMILES string of the molecule is CC(C)CN(CC(=O)N(CCCN1CCCC1=O)CC(=O)O)C(=O)CC(=O)NCCc1ccccc1F. The zero-order valence-electron chi connectivity index (χ0n) is 21.6. The zero-order chi connectivity index (χ0) is 27.4. The molecular weight excluding hydrogens is 483 g/mol. The van der Waals surface area contributed by atoms with Gasteiger partial charge in [0.1, 0.15) is 18.8 Å². The van der Waals surface area contributed by atoms with Crippen molar-refractivity contribution < 1.29 is 33.5 Å². The van der Waals surface area contributed by atoms with E-state index in [1.165, 1.54) is 11.0 Å². The van der Waals surface area contributed by atoms with E-state index < -0.39 is 36.7 Å². The molecule has 0 saturated carbocycles. The summed E-state index contributed by atoms with van der Waals surface area (Å²) in [6.45, 7) is 4.45. The molecule has 0 bridgehead atoms. The van der Waals surface area contributed by atoms with Gasteiger partial charge < -0.3 is 25.1 Å². The highest BCUT2D eigenvalue weighted by atomic mass is 19.1. The summed E-state index contributed by atoms with van der Waals surface area (Å²) in [7, 11) is 0. The Balaban J connectivity index is 1.91. The van der Waals surface area contributed by atoms with Crippen molar-refractivity contribution in [3.63, 3.8) is 0 Å². The van der Waals surface area contributed by atoms with Crippen LogP contribution in [0.15, 0.2) is 24.3 Å². The molecule has 2 N–H and O–H groups in total. The van der Waals surface area contributed by atoms with Crippen LogP contribution in [0.2, 0.25) is 0 Å². The molecule has 1 saturated heterocycles. The van der Waals surface area contributed by atoms with E-state index in [-0.39, 0.29) is 50.2 Å². The Bertz CT molecular complexity index is 970. The highest BCUT2D eigenvalue weighted by Crippen LogP contribution is 2.11. The van der Waals surface area contributed by atoms with Gasteiger partial charge in [-0.25, -0.2) is 4.39 Å². The minimum Gasteiger partial charge on any atom is -0.480 e. The summed E-state index contributed by atoms with van der Waals surface area (Å²) >= 11 is 0. The molecule has 2 rings (SSSR count). The second-order valence-corrected chi connectivity index (χ2v) is 9.58. The van der Waals surface area contributed by atoms with E-state index in [0.717, 1.165) is 11.3 Å². The summed E-state index contributed by atoms with van der Waals surface area (Å²) in [5, 5.41) is 11.9. The molecule has 1 aromatic rings. The summed E-state index contributed by atoms with van der Waals surface area (Å²) < 4.78 is 13.7. The number of carboxylic acid groups (broad SMARTS) is 1. The maximum absolute atomic E-state index is 13.7. The van der Waals surface area contributed by atoms with Gasteiger partial charge in [-0.15, -0.1) is 0 Å². The summed E-state index contributed by atoms with van der Waals surface area (Å²) in [5.41, 5.74) is 0.453. The first-order valence-electron chi connectivity index (χ1n) is 12.6. The van der Waals surface area contributed by atoms with E-state index >= 15 is 0 Å². The number of benzene rings is 1. The predicted molar refractivity (Wildman–Crippen MR) is 134 cm³/mol. The summed E-state index contributed by atoms with van der Waals surface area (Å²) in [4.78, 5) is 65.4. The van der Waals surface area contributed by atoms with Crippen LogP contribution in [0.4, 0.5) is 4.39 Å². The predicted octanol–water partition coefficient (Wildman–Crippen LogP) is 1.28. The van der Waals surface area contributed by atoms with Gasteiger partial charge >= 0.3 is 5.97 Å². The molecule has 10 nitrogen and oxygen atoms in total. The largest absolute Gasteiger partial charge is 0.480 e. The molecule has 0 spiro atoms. The molecule has 1 aromatic carbocycles. The van der Waals surface area contributed by atoms with Gasteiger partial charge in [-0.1, -0.05) is 32.0 Å². The number of likely N-dealkylation sites (tertiary alicyclic amines) is 1. The Morgan fingerprint density at radius 1 is 1.11 bits per heavy atom. The average Bonchev–Trinajstić information content (AvgIpc) is 3.23. The van der Waals surface area contributed by atoms with E-state index in [0.29, 0.717) is 31.5 Å². The molecule has 1 heterocycles. The maximum atomic E-state index is 13.7. The summed E-state index contributed by atoms with van der Waals surface area (Å²) in [6, 6.07) is 6.23. The standard InChI is InChI=1S/C26H37FN4O6/c1-19(2)16-31(24(34)15-22(32)28-11-10-20-7-3-4-8-21(20)27)17-25(35)30(18-26(36)37)14-6-13-29-12-5-9-23(29)33/h3-4,7-8,19H,5-6,9-18H2,1-2H3,(H,28,32)(H,36,37). The second kappa shape index (κ2) is 14.9. The number of hydrogen-bond donors (Lipinski definition) is 2. The first kappa shape index (κ1) is 29.7. The van der Waals surface area contributed by atoms with E-state index in [9.17, 15) is 33.5 Å². The van der Waals surface area contributed by atoms with Gasteiger partial charge in [0.25, 0.3) is 0 Å². The lowest BCUT2D eigenvalue weighted by molar-refractivity contribution is -0.147. The number of carbonyl (C=O) groups is 5. The first-order chi connectivity index (χ1) is 17.6. The van der Waals surface area contributed by atoms with Gasteiger partial charge in [0.15, 0.2) is 0 Å². The third-order valence-corrected chi connectivity index (χ3v) is 5.96. The second-order valence-electron chi connectivity index (χ2n) is 9.58. The van der Waals surface area contributed by atoms with Crippen LogP contribution in [0, 0.1) is 11.7 Å². The van der Waals surface area contributed by atoms with Crippen molar-refractivity contribution in [2.24, 2.45) is 5.92 Å². The smallest absolute Gasteiger partial charge is 0.323 e. The van der Waals surface area contributed by atoms with Crippen molar-refractivity contribution in [3.8, 4) is 0 Å². The van der Waals surface area contributed by atoms with Crippen molar-refractivity contribution in [1.29, 1.82) is 0 Å². The quantitative estimate of drug-likeness (QED) is 0.336. The van der Waals surface area contributed by atoms with Gasteiger partial charge in [-0.3, -0.25) is 24.0 Å². The number of amides is 4. The van der Waals surface area contributed by atoms with E-state index in [1.54, 1.807) is 23.1 Å². The minimum absolute atomic E-state index is 0.00923. The summed E-state index contributed by atoms with van der Waals surface area (Å²) in [6.07, 6.45) is 1.51. The Hall–Kier alpha value is -3.50. The lowest BCUT2D eigenvalue weighted by Gasteiger charge is -2.28. The third kappa shape index (κ3) is 10.6. The van der Waals surface area contributed by atoms with Gasteiger partial charge in [0.2, 0.25) is 23.6 Å². The van der Waals surface area contributed by atoms with Gasteiger partial charge in [0.05, 0.1) is 6.54 Å². The average molecular weight is 521 g/mol. The molecule has 1 aliphatic rings. The number of nitrogens with zero attached hydrogens (tertiary/aromatic N) is 3. The molecule has 0 radical (unpaired) electrons. The van der Waals surface area contributed by atoms with Crippen LogP contribution < -0.4 is 5.32 Å². The molecule has 1 fully saturated rings. The number of rotatable bonds is 15. The maximum Gasteiger partial charge on any atom is 0.323 e. The van der Waals surface area contributed by atoms with Gasteiger partial charge in [0, 0.05) is 39.1 Å². The Labute approximate surface area is 216 Å². The van der Waals surface area contributed by atoms with Gasteiger partial charge in [-0.05, 0) is 36.8 Å². The van der Waals surface area contributed by atoms with Crippen molar-refractivity contribution >= 4 is 29.6 Å². The van der Waals surface area contributed by atoms with Crippen LogP contribution in [0.3, 0.4) is 0 Å². The fourth-order valence-corrected chi connectivity index (χ4v) is 4.16. The van der Waals surface area contributed by atoms with Crippen LogP contribution in [0.5, 0.6) is 0 Å². The number of nitrogens with one attached hydrogen (secondary N) is 1. The van der Waals surface area contributed by atoms with Crippen LogP contribution in [-0.2, 0) is 30.4 Å². The molecule has 0 unspecified atom stereocenters. The molecule has 0 aromatic heterocycles. The van der Waals surface area contributed by atoms with Crippen molar-refractivity contribution in [3.05, 3.63) is 35.6 Å². The number of halogens is 1. The number of hydrogen-bond acceptors (Lipinski definition) is 5. The van der Waals surface area contributed by atoms with Gasteiger partial charge in [-0.2, -0.15) is 0 Å². The molecule has 0 aliphatic carbocycles. The molecule has 0 atom stereocenters. The van der Waals surface area contributed by atoms with E-state index in [2.05, 4.69) is 5.32 Å². The fourth-order valence-electron chi connectivity index (χ4n) is 4.16. The Morgan fingerprint density at radius 2 is 1.84 bits per heavy atom. The third-order valence-electron chi connectivity index (χ3n) is 5.96. The van der Waals surface area contributed by atoms with Crippen LogP contribution in [-0.4, -0.2) is 95.2 Å². The Kier molecular flexibility index (Phi) is 12.0. The zero-order valence-corrected chi connectivity index (χ0v) is 21.6. The highest BCUT2D eigenvalue weighted by Gasteiger charge is 2.25. The number of carboxylic acids is 1. The lowest BCUT2D eigenvalue weighted by Crippen LogP contribution is -2.47. The highest BCUT2D eigenvalue weighted by molar-refractivity contribution is 5.98. The topological polar surface area (TPSA) is 127 Å². The number of aliphatic carboxylic acids is 1. The summed E-state index contributed by atoms with van der Waals surface area (Å²) in [5.74, 6) is -3.12. The monoisotopic (exact) mass is 520 g/mol. The molecule has 4 amide bonds. The van der Waals surface area contributed by atoms with Crippen molar-refractivity contribution in [1.82, 2.24) is 20.0 Å². The van der Waals surface area contributed by atoms with E-state index in [1.807, 2.05) is 13.8 Å². The van der Waals surface area contributed by atoms with Crippen molar-refractivity contribution in [2.75, 3.05) is 45.8 Å². The normalized spacial score (nSPS) is 13.1. The number of carbonyl (C=O) groups excluding carboxylic acids is 4.